The lowest BCUT2D eigenvalue weighted by Crippen LogP contribution is -2.58. The first-order valence-corrected chi connectivity index (χ1v) is 12.9. The first kappa shape index (κ1) is 31.3. The molecule has 4 amide bonds. The number of carbonyl (C=O) groups excluding carboxylic acids is 4. The predicted molar refractivity (Wildman–Crippen MR) is 146 cm³/mol. The maximum Gasteiger partial charge on any atom is 0.326 e. The fourth-order valence-corrected chi connectivity index (χ4v) is 4.00. The number of nitrogens with zero attached hydrogens (tertiary/aromatic N) is 2. The highest BCUT2D eigenvalue weighted by molar-refractivity contribution is 5.94. The Morgan fingerprint density at radius 1 is 0.786 bits per heavy atom. The number of phenols is 1. The van der Waals surface area contributed by atoms with Crippen LogP contribution in [0, 0.1) is 0 Å². The van der Waals surface area contributed by atoms with Gasteiger partial charge in [-0.15, -0.1) is 0 Å². The van der Waals surface area contributed by atoms with Gasteiger partial charge in [-0.25, -0.2) is 14.8 Å². The standard InChI is InChI=1S/C26H33N9O7/c27-18(8-15-10-29-12-31-15)23(38)34-21(9-16-11-30-13-32-16)25(40)35-20(7-14-1-3-17(36)4-2-14)24(39)33-19(26(41)42)5-6-22(28)37/h1-4,10-13,18-21,36H,5-9,27H2,(H2,28,37)(H,29,31)(H,30,32)(H,33,39)(H,34,38)(H,35,40)(H,41,42). The smallest absolute Gasteiger partial charge is 0.326 e. The van der Waals surface area contributed by atoms with Gasteiger partial charge in [0, 0.05) is 49.5 Å². The summed E-state index contributed by atoms with van der Waals surface area (Å²) in [5.74, 6) is -4.40. The number of carboxylic acids is 1. The van der Waals surface area contributed by atoms with Crippen LogP contribution in [-0.2, 0) is 43.2 Å². The number of carboxylic acid groups (broad SMARTS) is 1. The van der Waals surface area contributed by atoms with Crippen LogP contribution in [0.25, 0.3) is 0 Å². The van der Waals surface area contributed by atoms with E-state index in [4.69, 9.17) is 11.5 Å². The number of amides is 4. The van der Waals surface area contributed by atoms with Crippen molar-refractivity contribution in [3.8, 4) is 5.75 Å². The second-order valence-corrected chi connectivity index (χ2v) is 9.57. The SMILES string of the molecule is NC(=O)CCC(NC(=O)C(Cc1ccc(O)cc1)NC(=O)C(Cc1cnc[nH]1)NC(=O)C(N)Cc1cnc[nH]1)C(=O)O. The van der Waals surface area contributed by atoms with E-state index in [9.17, 15) is 34.2 Å². The highest BCUT2D eigenvalue weighted by atomic mass is 16.4. The zero-order chi connectivity index (χ0) is 30.6. The number of phenolic OH excluding ortho intramolecular Hbond substituents is 1. The summed E-state index contributed by atoms with van der Waals surface area (Å²) in [5.41, 5.74) is 12.8. The summed E-state index contributed by atoms with van der Waals surface area (Å²) in [6.45, 7) is 0. The molecule has 0 saturated heterocycles. The molecule has 3 aromatic rings. The van der Waals surface area contributed by atoms with Gasteiger partial charge >= 0.3 is 5.97 Å². The van der Waals surface area contributed by atoms with Gasteiger partial charge in [-0.3, -0.25) is 19.2 Å². The molecule has 0 bridgehead atoms. The van der Waals surface area contributed by atoms with Gasteiger partial charge in [0.15, 0.2) is 0 Å². The molecule has 2 heterocycles. The van der Waals surface area contributed by atoms with Crippen LogP contribution in [0.3, 0.4) is 0 Å². The molecule has 4 atom stereocenters. The van der Waals surface area contributed by atoms with Crippen molar-refractivity contribution in [1.29, 1.82) is 0 Å². The minimum Gasteiger partial charge on any atom is -0.508 e. The maximum atomic E-state index is 13.5. The minimum absolute atomic E-state index is 0.0185. The fourth-order valence-electron chi connectivity index (χ4n) is 4.00. The van der Waals surface area contributed by atoms with Crippen LogP contribution in [0.5, 0.6) is 5.75 Å². The molecule has 4 unspecified atom stereocenters. The van der Waals surface area contributed by atoms with Gasteiger partial charge in [-0.2, -0.15) is 0 Å². The van der Waals surface area contributed by atoms with E-state index in [0.29, 0.717) is 17.0 Å². The van der Waals surface area contributed by atoms with E-state index in [-0.39, 0.29) is 37.9 Å². The van der Waals surface area contributed by atoms with E-state index in [1.807, 2.05) is 0 Å². The third-order valence-corrected chi connectivity index (χ3v) is 6.25. The summed E-state index contributed by atoms with van der Waals surface area (Å²) in [7, 11) is 0. The van der Waals surface area contributed by atoms with E-state index in [2.05, 4.69) is 35.9 Å². The van der Waals surface area contributed by atoms with E-state index in [0.717, 1.165) is 0 Å². The van der Waals surface area contributed by atoms with Crippen molar-refractivity contribution in [2.45, 2.75) is 56.3 Å². The van der Waals surface area contributed by atoms with E-state index in [1.165, 1.54) is 49.3 Å². The predicted octanol–water partition coefficient (Wildman–Crippen LogP) is -2.00. The first-order valence-electron chi connectivity index (χ1n) is 12.9. The third-order valence-electron chi connectivity index (χ3n) is 6.25. The molecule has 42 heavy (non-hydrogen) atoms. The number of hydrogen-bond acceptors (Lipinski definition) is 9. The van der Waals surface area contributed by atoms with Crippen molar-refractivity contribution in [1.82, 2.24) is 35.9 Å². The molecule has 0 aliphatic heterocycles. The number of rotatable bonds is 16. The Labute approximate surface area is 239 Å². The largest absolute Gasteiger partial charge is 0.508 e. The summed E-state index contributed by atoms with van der Waals surface area (Å²) in [6.07, 6.45) is 5.27. The van der Waals surface area contributed by atoms with Gasteiger partial charge in [0.2, 0.25) is 23.6 Å². The molecule has 0 fully saturated rings. The number of aromatic hydroxyl groups is 1. The molecular formula is C26H33N9O7. The lowest BCUT2D eigenvalue weighted by atomic mass is 10.0. The van der Waals surface area contributed by atoms with Crippen LogP contribution < -0.4 is 27.4 Å². The molecule has 0 spiro atoms. The summed E-state index contributed by atoms with van der Waals surface area (Å²) < 4.78 is 0. The quantitative estimate of drug-likeness (QED) is 0.0894. The molecule has 224 valence electrons. The monoisotopic (exact) mass is 583 g/mol. The van der Waals surface area contributed by atoms with Gasteiger partial charge in [-0.05, 0) is 24.1 Å². The number of benzene rings is 1. The summed E-state index contributed by atoms with van der Waals surface area (Å²) >= 11 is 0. The molecular weight excluding hydrogens is 550 g/mol. The molecule has 16 heteroatoms. The molecule has 16 nitrogen and oxygen atoms in total. The van der Waals surface area contributed by atoms with Gasteiger partial charge in [0.1, 0.15) is 23.9 Å². The Balaban J connectivity index is 1.80. The lowest BCUT2D eigenvalue weighted by Gasteiger charge is -2.25. The van der Waals surface area contributed by atoms with Crippen LogP contribution in [-0.4, -0.2) is 83.9 Å². The normalized spacial score (nSPS) is 13.7. The number of primary amides is 1. The van der Waals surface area contributed by atoms with Crippen molar-refractivity contribution in [2.24, 2.45) is 11.5 Å². The molecule has 3 rings (SSSR count). The lowest BCUT2D eigenvalue weighted by molar-refractivity contribution is -0.142. The molecule has 0 aliphatic rings. The Morgan fingerprint density at radius 3 is 1.83 bits per heavy atom. The fraction of sp³-hybridized carbons (Fsp3) is 0.346. The van der Waals surface area contributed by atoms with E-state index in [1.54, 1.807) is 0 Å². The Morgan fingerprint density at radius 2 is 1.31 bits per heavy atom. The third kappa shape index (κ3) is 9.74. The number of aromatic nitrogens is 4. The number of H-pyrrole nitrogens is 2. The summed E-state index contributed by atoms with van der Waals surface area (Å²) in [5, 5.41) is 26.7. The van der Waals surface area contributed by atoms with E-state index < -0.39 is 53.8 Å². The van der Waals surface area contributed by atoms with Gasteiger partial charge in [0.05, 0.1) is 18.7 Å². The molecule has 2 aromatic heterocycles. The Bertz CT molecular complexity index is 1340. The van der Waals surface area contributed by atoms with Crippen molar-refractivity contribution in [3.63, 3.8) is 0 Å². The Hall–Kier alpha value is -5.25. The first-order chi connectivity index (χ1) is 20.0. The molecule has 11 N–H and O–H groups in total. The second kappa shape index (κ2) is 14.9. The Kier molecular flexibility index (Phi) is 11.1. The van der Waals surface area contributed by atoms with Crippen LogP contribution in [0.2, 0.25) is 0 Å². The van der Waals surface area contributed by atoms with E-state index >= 15 is 0 Å². The van der Waals surface area contributed by atoms with Crippen molar-refractivity contribution in [2.75, 3.05) is 0 Å². The van der Waals surface area contributed by atoms with Crippen LogP contribution in [0.15, 0.2) is 49.3 Å². The van der Waals surface area contributed by atoms with Gasteiger partial charge in [-0.1, -0.05) is 12.1 Å². The van der Waals surface area contributed by atoms with Crippen LogP contribution >= 0.6 is 0 Å². The second-order valence-electron chi connectivity index (χ2n) is 9.57. The maximum absolute atomic E-state index is 13.5. The molecule has 0 saturated carbocycles. The van der Waals surface area contributed by atoms with Gasteiger partial charge in [0.25, 0.3) is 0 Å². The molecule has 0 aliphatic carbocycles. The van der Waals surface area contributed by atoms with Crippen LogP contribution in [0.4, 0.5) is 0 Å². The summed E-state index contributed by atoms with van der Waals surface area (Å²) in [6, 6.07) is 0.848. The number of nitrogens with two attached hydrogens (primary N) is 2. The number of aliphatic carboxylic acids is 1. The van der Waals surface area contributed by atoms with Crippen molar-refractivity contribution < 1.29 is 34.2 Å². The topological polar surface area (TPSA) is 271 Å². The highest BCUT2D eigenvalue weighted by Crippen LogP contribution is 2.12. The zero-order valence-electron chi connectivity index (χ0n) is 22.4. The molecule has 1 aromatic carbocycles. The number of aromatic amines is 2. The van der Waals surface area contributed by atoms with Gasteiger partial charge < -0.3 is 47.6 Å². The van der Waals surface area contributed by atoms with Crippen molar-refractivity contribution >= 4 is 29.6 Å². The number of nitrogens with one attached hydrogen (secondary N) is 5. The number of hydrogen-bond donors (Lipinski definition) is 9. The zero-order valence-corrected chi connectivity index (χ0v) is 22.4. The van der Waals surface area contributed by atoms with Crippen LogP contribution in [0.1, 0.15) is 29.8 Å². The number of carbonyl (C=O) groups is 5. The summed E-state index contributed by atoms with van der Waals surface area (Å²) in [4.78, 5) is 76.1. The molecule has 0 radical (unpaired) electrons. The average Bonchev–Trinajstić information content (AvgIpc) is 3.65. The average molecular weight is 584 g/mol. The van der Waals surface area contributed by atoms with Crippen molar-refractivity contribution in [3.05, 3.63) is 66.3 Å². The minimum atomic E-state index is -1.45. The highest BCUT2D eigenvalue weighted by Gasteiger charge is 2.31. The number of imidazole rings is 2.